The quantitative estimate of drug-likeness (QED) is 0.199. The van der Waals surface area contributed by atoms with Crippen molar-refractivity contribution in [2.24, 2.45) is 23.7 Å². The first-order chi connectivity index (χ1) is 24.2. The van der Waals surface area contributed by atoms with E-state index in [1.54, 1.807) is 62.6 Å². The minimum Gasteiger partial charge on any atom is -0.504 e. The van der Waals surface area contributed by atoms with Crippen LogP contribution >= 0.6 is 23.2 Å². The predicted octanol–water partition coefficient (Wildman–Crippen LogP) is 6.89. The lowest BCUT2D eigenvalue weighted by Gasteiger charge is -2.50. The Morgan fingerprint density at radius 1 is 0.941 bits per heavy atom. The largest absolute Gasteiger partial charge is 0.504 e. The summed E-state index contributed by atoms with van der Waals surface area (Å²) in [5, 5.41) is 12.4. The van der Waals surface area contributed by atoms with Crippen LogP contribution in [0.25, 0.3) is 0 Å². The number of methoxy groups -OCH3 is 1. The maximum Gasteiger partial charge on any atom is 0.260 e. The maximum absolute atomic E-state index is 15.4. The number of phenolic OH excluding ortho intramolecular Hbond substituents is 1. The zero-order valence-corrected chi connectivity index (χ0v) is 30.4. The first-order valence-electron chi connectivity index (χ1n) is 17.0. The van der Waals surface area contributed by atoms with Gasteiger partial charge in [0.15, 0.2) is 11.5 Å². The van der Waals surface area contributed by atoms with Gasteiger partial charge in [0.05, 0.1) is 47.6 Å². The Labute approximate surface area is 306 Å². The van der Waals surface area contributed by atoms with Gasteiger partial charge in [-0.15, -0.1) is 0 Å². The van der Waals surface area contributed by atoms with Gasteiger partial charge in [0.2, 0.25) is 11.8 Å². The van der Waals surface area contributed by atoms with Crippen LogP contribution in [0, 0.1) is 23.7 Å². The summed E-state index contributed by atoms with van der Waals surface area (Å²) in [7, 11) is 1.55. The van der Waals surface area contributed by atoms with Crippen molar-refractivity contribution in [1.29, 1.82) is 0 Å². The van der Waals surface area contributed by atoms with Crippen molar-refractivity contribution in [3.63, 3.8) is 0 Å². The molecule has 12 heteroatoms. The van der Waals surface area contributed by atoms with E-state index in [1.165, 1.54) is 17.0 Å². The Balaban J connectivity index is 1.48. The Morgan fingerprint density at radius 3 is 2.31 bits per heavy atom. The first-order valence-corrected chi connectivity index (χ1v) is 17.8. The number of phenols is 1. The monoisotopic (exact) mass is 731 g/mol. The molecule has 6 unspecified atom stereocenters. The second-order valence-electron chi connectivity index (χ2n) is 14.6. The van der Waals surface area contributed by atoms with Crippen molar-refractivity contribution in [2.45, 2.75) is 57.4 Å². The second kappa shape index (κ2) is 12.6. The molecule has 10 nitrogen and oxygen atoms in total. The van der Waals surface area contributed by atoms with Gasteiger partial charge in [-0.3, -0.25) is 29.5 Å². The SMILES string of the molecule is CCOc1cc(C2C3=CCC4C(=O)N(C(C)(C)C)C(=O)C4C3CC3C(=O)N(Nc4ccc(Cl)cc4Cl)C(=O)C32c2ccc(OC)cc2)ccc1O. The van der Waals surface area contributed by atoms with Crippen LogP contribution in [-0.2, 0) is 24.6 Å². The number of ether oxygens (including phenoxy) is 2. The van der Waals surface area contributed by atoms with Crippen LogP contribution < -0.4 is 14.9 Å². The molecule has 7 rings (SSSR count). The summed E-state index contributed by atoms with van der Waals surface area (Å²) in [6, 6.07) is 16.8. The predicted molar refractivity (Wildman–Crippen MR) is 192 cm³/mol. The van der Waals surface area contributed by atoms with E-state index in [2.05, 4.69) is 5.43 Å². The number of hydrazine groups is 1. The molecule has 266 valence electrons. The number of halogens is 2. The molecule has 2 N–H and O–H groups in total. The zero-order chi connectivity index (χ0) is 36.6. The molecule has 2 aliphatic heterocycles. The molecule has 4 aliphatic rings. The van der Waals surface area contributed by atoms with Gasteiger partial charge in [-0.2, -0.15) is 5.01 Å². The van der Waals surface area contributed by atoms with Gasteiger partial charge in [-0.25, -0.2) is 0 Å². The molecular weight excluding hydrogens is 693 g/mol. The molecule has 4 amide bonds. The van der Waals surface area contributed by atoms with Crippen molar-refractivity contribution < 1.29 is 33.8 Å². The summed E-state index contributed by atoms with van der Waals surface area (Å²) in [5.41, 5.74) is 3.01. The van der Waals surface area contributed by atoms with E-state index in [-0.39, 0.29) is 41.4 Å². The number of nitrogens with one attached hydrogen (secondary N) is 1. The number of fused-ring (bicyclic) bond motifs is 4. The van der Waals surface area contributed by atoms with Gasteiger partial charge in [-0.1, -0.05) is 53.1 Å². The molecule has 2 aliphatic carbocycles. The fraction of sp³-hybridized carbons (Fsp3) is 0.385. The Bertz CT molecular complexity index is 1990. The number of likely N-dealkylation sites (tertiary alicyclic amines) is 1. The fourth-order valence-corrected chi connectivity index (χ4v) is 9.31. The first kappa shape index (κ1) is 34.9. The Morgan fingerprint density at radius 2 is 1.67 bits per heavy atom. The number of aromatic hydroxyl groups is 1. The summed E-state index contributed by atoms with van der Waals surface area (Å²) in [6.07, 6.45) is 2.43. The smallest absolute Gasteiger partial charge is 0.260 e. The number of anilines is 1. The maximum atomic E-state index is 15.4. The average Bonchev–Trinajstić information content (AvgIpc) is 3.48. The molecule has 0 radical (unpaired) electrons. The number of hydrogen-bond donors (Lipinski definition) is 2. The van der Waals surface area contributed by atoms with E-state index < -0.39 is 52.4 Å². The molecule has 0 aromatic heterocycles. The van der Waals surface area contributed by atoms with Gasteiger partial charge in [-0.05, 0) is 100 Å². The highest BCUT2D eigenvalue weighted by Gasteiger charge is 2.70. The third kappa shape index (κ3) is 5.29. The normalized spacial score (nSPS) is 27.2. The van der Waals surface area contributed by atoms with Gasteiger partial charge < -0.3 is 14.6 Å². The van der Waals surface area contributed by atoms with Crippen molar-refractivity contribution >= 4 is 52.5 Å². The van der Waals surface area contributed by atoms with Gasteiger partial charge in [0.1, 0.15) is 5.75 Å². The van der Waals surface area contributed by atoms with E-state index in [0.29, 0.717) is 34.0 Å². The molecule has 6 atom stereocenters. The number of amides is 4. The van der Waals surface area contributed by atoms with Crippen LogP contribution in [-0.4, -0.2) is 57.9 Å². The summed E-state index contributed by atoms with van der Waals surface area (Å²) in [5.74, 6) is -4.42. The van der Waals surface area contributed by atoms with E-state index in [4.69, 9.17) is 32.7 Å². The molecule has 3 fully saturated rings. The highest BCUT2D eigenvalue weighted by Crippen LogP contribution is 2.64. The lowest BCUT2D eigenvalue weighted by molar-refractivity contribution is -0.146. The zero-order valence-electron chi connectivity index (χ0n) is 28.9. The van der Waals surface area contributed by atoms with E-state index in [9.17, 15) is 19.5 Å². The molecule has 0 bridgehead atoms. The Hall–Kier alpha value is -4.54. The average molecular weight is 733 g/mol. The van der Waals surface area contributed by atoms with E-state index >= 15 is 4.79 Å². The highest BCUT2D eigenvalue weighted by atomic mass is 35.5. The molecule has 1 saturated carbocycles. The number of hydrogen-bond acceptors (Lipinski definition) is 8. The van der Waals surface area contributed by atoms with Gasteiger partial charge in [0.25, 0.3) is 11.8 Å². The molecular formula is C39H39Cl2N3O7. The fourth-order valence-electron chi connectivity index (χ4n) is 8.86. The van der Waals surface area contributed by atoms with Crippen molar-refractivity contribution in [3.8, 4) is 17.2 Å². The number of carbonyl (C=O) groups excluding carboxylic acids is 4. The van der Waals surface area contributed by atoms with Crippen LogP contribution in [0.4, 0.5) is 5.69 Å². The number of allylic oxidation sites excluding steroid dienone is 2. The number of imide groups is 2. The topological polar surface area (TPSA) is 125 Å². The van der Waals surface area contributed by atoms with Crippen LogP contribution in [0.1, 0.15) is 57.6 Å². The third-order valence-corrected chi connectivity index (χ3v) is 11.4. The molecule has 51 heavy (non-hydrogen) atoms. The van der Waals surface area contributed by atoms with Crippen molar-refractivity contribution in [2.75, 3.05) is 19.1 Å². The van der Waals surface area contributed by atoms with Gasteiger partial charge in [0, 0.05) is 16.5 Å². The lowest BCUT2D eigenvalue weighted by atomic mass is 9.49. The minimum atomic E-state index is -1.53. The molecule has 3 aromatic rings. The van der Waals surface area contributed by atoms with Crippen LogP contribution in [0.3, 0.4) is 0 Å². The minimum absolute atomic E-state index is 0.0763. The van der Waals surface area contributed by atoms with Gasteiger partial charge >= 0.3 is 0 Å². The summed E-state index contributed by atoms with van der Waals surface area (Å²) >= 11 is 12.7. The molecule has 0 spiro atoms. The van der Waals surface area contributed by atoms with E-state index in [0.717, 1.165) is 10.6 Å². The van der Waals surface area contributed by atoms with Crippen LogP contribution in [0.2, 0.25) is 10.0 Å². The molecule has 2 saturated heterocycles. The molecule has 3 aromatic carbocycles. The summed E-state index contributed by atoms with van der Waals surface area (Å²) < 4.78 is 11.3. The summed E-state index contributed by atoms with van der Waals surface area (Å²) in [4.78, 5) is 59.8. The van der Waals surface area contributed by atoms with E-state index in [1.807, 2.05) is 26.8 Å². The summed E-state index contributed by atoms with van der Waals surface area (Å²) in [6.45, 7) is 7.59. The van der Waals surface area contributed by atoms with Crippen LogP contribution in [0.15, 0.2) is 72.3 Å². The number of nitrogens with zero attached hydrogens (tertiary/aromatic N) is 2. The highest BCUT2D eigenvalue weighted by molar-refractivity contribution is 6.36. The Kier molecular flexibility index (Phi) is 8.62. The van der Waals surface area contributed by atoms with Crippen molar-refractivity contribution in [1.82, 2.24) is 9.91 Å². The number of rotatable bonds is 7. The third-order valence-electron chi connectivity index (χ3n) is 10.9. The second-order valence-corrected chi connectivity index (χ2v) is 15.4. The van der Waals surface area contributed by atoms with Crippen molar-refractivity contribution in [3.05, 3.63) is 93.5 Å². The van der Waals surface area contributed by atoms with Crippen LogP contribution in [0.5, 0.6) is 17.2 Å². The molecule has 2 heterocycles. The number of benzene rings is 3. The lowest BCUT2D eigenvalue weighted by Crippen LogP contribution is -2.53. The standard InChI is InChI=1S/C39H39Cl2N3O7/c1-6-51-31-17-20(7-16-30(31)45)33-24-13-14-25-32(36(48)43(34(25)46)38(2,3)4)26(24)19-27-35(47)44(42-29-15-10-22(40)18-28(29)41)37(49)39(27,33)21-8-11-23(50-5)12-9-21/h7-13,15-18,25-27,32-33,42,45H,6,14,19H2,1-5H3. The number of carbonyl (C=O) groups is 4.